The molecular formula is C22H50O4Sr. The Hall–Kier alpha value is 1.32. The third-order valence-corrected chi connectivity index (χ3v) is 4.89. The van der Waals surface area contributed by atoms with Gasteiger partial charge in [-0.1, -0.05) is 83.1 Å². The average molecular weight is 466 g/mol. The topological polar surface area (TPSA) is 80.9 Å². The summed E-state index contributed by atoms with van der Waals surface area (Å²) in [6.45, 7) is 23.8. The fraction of sp³-hybridized carbons (Fsp3) is 1.00. The van der Waals surface area contributed by atoms with Crippen LogP contribution in [-0.2, 0) is 0 Å². The van der Waals surface area contributed by atoms with Gasteiger partial charge in [0.1, 0.15) is 0 Å². The van der Waals surface area contributed by atoms with Crippen molar-refractivity contribution in [3.05, 3.63) is 0 Å². The van der Waals surface area contributed by atoms with Crippen molar-refractivity contribution in [3.63, 3.8) is 0 Å². The summed E-state index contributed by atoms with van der Waals surface area (Å²) >= 11 is 0. The Labute approximate surface area is 206 Å². The zero-order chi connectivity index (χ0) is 21.7. The van der Waals surface area contributed by atoms with E-state index in [1.165, 1.54) is 0 Å². The molecule has 0 amide bonds. The van der Waals surface area contributed by atoms with E-state index in [1.807, 2.05) is 83.1 Å². The first-order valence-corrected chi connectivity index (χ1v) is 9.82. The summed E-state index contributed by atoms with van der Waals surface area (Å²) in [5, 5.41) is 39.0. The van der Waals surface area contributed by atoms with Gasteiger partial charge in [0.2, 0.25) is 0 Å². The van der Waals surface area contributed by atoms with Crippen LogP contribution in [0.3, 0.4) is 0 Å². The van der Waals surface area contributed by atoms with Crippen molar-refractivity contribution >= 4 is 45.5 Å². The molecule has 27 heavy (non-hydrogen) atoms. The predicted octanol–water partition coefficient (Wildman–Crippen LogP) is 3.46. The van der Waals surface area contributed by atoms with Gasteiger partial charge in [-0.05, 0) is 21.7 Å². The summed E-state index contributed by atoms with van der Waals surface area (Å²) in [5.41, 5.74) is -0.586. The first-order valence-electron chi connectivity index (χ1n) is 9.82. The van der Waals surface area contributed by atoms with E-state index < -0.39 is 24.4 Å². The van der Waals surface area contributed by atoms with Crippen molar-refractivity contribution in [2.24, 2.45) is 21.7 Å². The quantitative estimate of drug-likeness (QED) is 0.479. The Kier molecular flexibility index (Phi) is 14.9. The van der Waals surface area contributed by atoms with Crippen molar-refractivity contribution in [1.82, 2.24) is 0 Å². The van der Waals surface area contributed by atoms with Crippen molar-refractivity contribution < 1.29 is 20.4 Å². The fourth-order valence-corrected chi connectivity index (χ4v) is 1.84. The van der Waals surface area contributed by atoms with Crippen LogP contribution in [0.4, 0.5) is 0 Å². The van der Waals surface area contributed by atoms with Crippen molar-refractivity contribution in [3.8, 4) is 0 Å². The van der Waals surface area contributed by atoms with Crippen LogP contribution in [0.1, 0.15) is 95.9 Å². The molecule has 0 saturated carbocycles. The number of aliphatic hydroxyl groups is 4. The minimum absolute atomic E-state index is 0. The van der Waals surface area contributed by atoms with Gasteiger partial charge < -0.3 is 20.4 Å². The second kappa shape index (κ2) is 12.2. The maximum atomic E-state index is 9.76. The van der Waals surface area contributed by atoms with Crippen LogP contribution in [0.25, 0.3) is 0 Å². The molecule has 4 unspecified atom stereocenters. The van der Waals surface area contributed by atoms with Crippen LogP contribution in [0.5, 0.6) is 0 Å². The molecule has 4 nitrogen and oxygen atoms in total. The monoisotopic (exact) mass is 466 g/mol. The summed E-state index contributed by atoms with van der Waals surface area (Å²) < 4.78 is 0. The SMILES string of the molecule is CC(C)(C)C(O)CC(O)C(C)(C)C.CC(C)(C)C(O)CC(O)C(C)(C)C.[SrH2]. The summed E-state index contributed by atoms with van der Waals surface area (Å²) in [7, 11) is 0. The molecule has 164 valence electrons. The zero-order valence-electron chi connectivity index (χ0n) is 19.5. The summed E-state index contributed by atoms with van der Waals surface area (Å²) in [4.78, 5) is 0. The van der Waals surface area contributed by atoms with E-state index in [0.717, 1.165) is 0 Å². The molecule has 0 aliphatic rings. The molecule has 0 radical (unpaired) electrons. The third-order valence-electron chi connectivity index (χ3n) is 4.89. The van der Waals surface area contributed by atoms with Crippen LogP contribution in [0, 0.1) is 21.7 Å². The average Bonchev–Trinajstić information content (AvgIpc) is 2.34. The Balaban J connectivity index is -0.000000411. The summed E-state index contributed by atoms with van der Waals surface area (Å²) in [6.07, 6.45) is -0.869. The van der Waals surface area contributed by atoms with Gasteiger partial charge in [-0.15, -0.1) is 0 Å². The number of hydrogen-bond acceptors (Lipinski definition) is 4. The second-order valence-electron chi connectivity index (χ2n) is 12.0. The number of rotatable bonds is 4. The third kappa shape index (κ3) is 15.8. The minimum atomic E-state index is -0.443. The molecule has 0 saturated heterocycles. The molecular weight excluding hydrogens is 416 g/mol. The zero-order valence-corrected chi connectivity index (χ0v) is 19.5. The molecule has 0 aromatic carbocycles. The Morgan fingerprint density at radius 1 is 0.407 bits per heavy atom. The van der Waals surface area contributed by atoms with Crippen molar-refractivity contribution in [1.29, 1.82) is 0 Å². The fourth-order valence-electron chi connectivity index (χ4n) is 1.84. The molecule has 0 aromatic rings. The molecule has 0 spiro atoms. The van der Waals surface area contributed by atoms with Crippen molar-refractivity contribution in [2.45, 2.75) is 120 Å². The first-order chi connectivity index (χ1) is 11.1. The van der Waals surface area contributed by atoms with E-state index in [2.05, 4.69) is 0 Å². The van der Waals surface area contributed by atoms with Crippen LogP contribution in [-0.4, -0.2) is 90.3 Å². The molecule has 0 rings (SSSR count). The van der Waals surface area contributed by atoms with E-state index in [0.29, 0.717) is 12.8 Å². The van der Waals surface area contributed by atoms with Crippen LogP contribution in [0.15, 0.2) is 0 Å². The van der Waals surface area contributed by atoms with Crippen molar-refractivity contribution in [2.75, 3.05) is 0 Å². The molecule has 0 fully saturated rings. The van der Waals surface area contributed by atoms with E-state index in [4.69, 9.17) is 0 Å². The van der Waals surface area contributed by atoms with Gasteiger partial charge in [0.15, 0.2) is 0 Å². The van der Waals surface area contributed by atoms with Gasteiger partial charge in [0.05, 0.1) is 24.4 Å². The standard InChI is InChI=1S/2C11H24O2.Sr.2H/c2*1-10(2,3)8(12)7-9(13)11(4,5)6;;;/h2*8-9,12-13H,7H2,1-6H3;;;. The molecule has 0 heterocycles. The summed E-state index contributed by atoms with van der Waals surface area (Å²) in [5.74, 6) is 0. The van der Waals surface area contributed by atoms with E-state index in [-0.39, 0.29) is 67.1 Å². The first kappa shape index (κ1) is 33.0. The maximum absolute atomic E-state index is 9.76. The van der Waals surface area contributed by atoms with Crippen LogP contribution in [0.2, 0.25) is 0 Å². The molecule has 0 bridgehead atoms. The van der Waals surface area contributed by atoms with Gasteiger partial charge in [0.25, 0.3) is 0 Å². The van der Waals surface area contributed by atoms with Gasteiger partial charge in [-0.2, -0.15) is 0 Å². The van der Waals surface area contributed by atoms with Gasteiger partial charge >= 0.3 is 45.5 Å². The Morgan fingerprint density at radius 3 is 0.593 bits per heavy atom. The van der Waals surface area contributed by atoms with E-state index in [9.17, 15) is 20.4 Å². The van der Waals surface area contributed by atoms with Gasteiger partial charge in [0, 0.05) is 12.8 Å². The van der Waals surface area contributed by atoms with E-state index in [1.54, 1.807) is 0 Å². The molecule has 0 aliphatic carbocycles. The molecule has 4 N–H and O–H groups in total. The van der Waals surface area contributed by atoms with Crippen LogP contribution >= 0.6 is 0 Å². The molecule has 5 heteroatoms. The Bertz CT molecular complexity index is 309. The second-order valence-corrected chi connectivity index (χ2v) is 12.0. The Morgan fingerprint density at radius 2 is 0.519 bits per heavy atom. The molecule has 0 aliphatic heterocycles. The van der Waals surface area contributed by atoms with E-state index >= 15 is 0 Å². The number of hydrogen-bond donors (Lipinski definition) is 4. The van der Waals surface area contributed by atoms with Crippen LogP contribution < -0.4 is 0 Å². The van der Waals surface area contributed by atoms with Gasteiger partial charge in [-0.3, -0.25) is 0 Å². The summed E-state index contributed by atoms with van der Waals surface area (Å²) in [6, 6.07) is 0. The molecule has 4 atom stereocenters. The predicted molar refractivity (Wildman–Crippen MR) is 120 cm³/mol. The number of aliphatic hydroxyl groups excluding tert-OH is 4. The molecule has 0 aromatic heterocycles. The normalized spacial score (nSPS) is 17.8. The van der Waals surface area contributed by atoms with Gasteiger partial charge in [-0.25, -0.2) is 0 Å².